The van der Waals surface area contributed by atoms with E-state index in [4.69, 9.17) is 0 Å². The standard InChI is InChI=1S/C15H22O/c1-11(10-16)13-7-8-14-6-4-5-12(2)15(14,3)9-13/h8,10,12H,4-7,9H2,1-3H3/b13-11+/t12-,15+/m0/s1. The van der Waals surface area contributed by atoms with E-state index >= 15 is 0 Å². The number of carbonyl (C=O) groups is 1. The van der Waals surface area contributed by atoms with Crippen molar-refractivity contribution in [1.82, 2.24) is 0 Å². The van der Waals surface area contributed by atoms with Crippen LogP contribution in [0.1, 0.15) is 52.9 Å². The maximum Gasteiger partial charge on any atom is 0.145 e. The van der Waals surface area contributed by atoms with Gasteiger partial charge in [-0.25, -0.2) is 0 Å². The summed E-state index contributed by atoms with van der Waals surface area (Å²) in [4.78, 5) is 10.9. The summed E-state index contributed by atoms with van der Waals surface area (Å²) >= 11 is 0. The molecule has 2 aliphatic rings. The van der Waals surface area contributed by atoms with Gasteiger partial charge in [-0.3, -0.25) is 4.79 Å². The first-order valence-electron chi connectivity index (χ1n) is 6.41. The Hall–Kier alpha value is -0.850. The van der Waals surface area contributed by atoms with Crippen LogP contribution in [0.15, 0.2) is 22.8 Å². The summed E-state index contributed by atoms with van der Waals surface area (Å²) in [5.41, 5.74) is 4.29. The third-order valence-corrected chi connectivity index (χ3v) is 4.81. The first-order chi connectivity index (χ1) is 7.58. The molecule has 0 amide bonds. The fourth-order valence-corrected chi connectivity index (χ4v) is 3.29. The average Bonchev–Trinajstić information content (AvgIpc) is 2.29. The van der Waals surface area contributed by atoms with Crippen LogP contribution in [-0.4, -0.2) is 6.29 Å². The number of hydrogen-bond donors (Lipinski definition) is 0. The van der Waals surface area contributed by atoms with Crippen molar-refractivity contribution < 1.29 is 4.79 Å². The molecular weight excluding hydrogens is 196 g/mol. The minimum Gasteiger partial charge on any atom is -0.298 e. The molecule has 0 unspecified atom stereocenters. The Kier molecular flexibility index (Phi) is 3.05. The lowest BCUT2D eigenvalue weighted by Crippen LogP contribution is -2.34. The Morgan fingerprint density at radius 1 is 1.56 bits per heavy atom. The molecule has 2 aliphatic carbocycles. The van der Waals surface area contributed by atoms with Gasteiger partial charge >= 0.3 is 0 Å². The monoisotopic (exact) mass is 218 g/mol. The molecular formula is C15H22O. The van der Waals surface area contributed by atoms with Crippen LogP contribution in [-0.2, 0) is 4.79 Å². The highest BCUT2D eigenvalue weighted by molar-refractivity contribution is 5.74. The number of fused-ring (bicyclic) bond motifs is 1. The van der Waals surface area contributed by atoms with Gasteiger partial charge in [-0.2, -0.15) is 0 Å². The third-order valence-electron chi connectivity index (χ3n) is 4.81. The van der Waals surface area contributed by atoms with Gasteiger partial charge in [0.2, 0.25) is 0 Å². The molecule has 2 rings (SSSR count). The van der Waals surface area contributed by atoms with Crippen LogP contribution in [0.4, 0.5) is 0 Å². The third kappa shape index (κ3) is 1.77. The average molecular weight is 218 g/mol. The highest BCUT2D eigenvalue weighted by atomic mass is 16.1. The molecule has 0 aromatic heterocycles. The normalized spacial score (nSPS) is 37.4. The molecule has 0 aliphatic heterocycles. The van der Waals surface area contributed by atoms with Gasteiger partial charge in [0.1, 0.15) is 6.29 Å². The minimum absolute atomic E-state index is 0.329. The molecule has 1 saturated carbocycles. The van der Waals surface area contributed by atoms with Crippen molar-refractivity contribution in [1.29, 1.82) is 0 Å². The van der Waals surface area contributed by atoms with E-state index in [0.717, 1.165) is 30.6 Å². The maximum atomic E-state index is 10.9. The number of allylic oxidation sites excluding steroid dienone is 4. The Labute approximate surface area is 98.6 Å². The van der Waals surface area contributed by atoms with Crippen LogP contribution in [0.2, 0.25) is 0 Å². The number of hydrogen-bond acceptors (Lipinski definition) is 1. The van der Waals surface area contributed by atoms with E-state index in [1.807, 2.05) is 6.92 Å². The first-order valence-corrected chi connectivity index (χ1v) is 6.41. The number of carbonyl (C=O) groups excluding carboxylic acids is 1. The molecule has 0 aromatic rings. The Morgan fingerprint density at radius 2 is 2.31 bits per heavy atom. The van der Waals surface area contributed by atoms with E-state index in [9.17, 15) is 4.79 Å². The molecule has 1 fully saturated rings. The van der Waals surface area contributed by atoms with Crippen molar-refractivity contribution in [3.63, 3.8) is 0 Å². The van der Waals surface area contributed by atoms with E-state index in [-0.39, 0.29) is 0 Å². The molecule has 16 heavy (non-hydrogen) atoms. The van der Waals surface area contributed by atoms with E-state index in [1.165, 1.54) is 24.8 Å². The van der Waals surface area contributed by atoms with Gasteiger partial charge in [0, 0.05) is 0 Å². The SMILES string of the molecule is C/C(C=O)=C1/CC=C2CCC[C@H](C)[C@@]2(C)C1. The molecule has 1 nitrogen and oxygen atoms in total. The molecule has 0 heterocycles. The molecule has 88 valence electrons. The van der Waals surface area contributed by atoms with Gasteiger partial charge in [-0.15, -0.1) is 0 Å². The zero-order chi connectivity index (χ0) is 11.8. The van der Waals surface area contributed by atoms with Gasteiger partial charge < -0.3 is 0 Å². The molecule has 0 radical (unpaired) electrons. The Morgan fingerprint density at radius 3 is 3.00 bits per heavy atom. The van der Waals surface area contributed by atoms with Crippen molar-refractivity contribution in [2.75, 3.05) is 0 Å². The zero-order valence-corrected chi connectivity index (χ0v) is 10.7. The largest absolute Gasteiger partial charge is 0.298 e. The van der Waals surface area contributed by atoms with E-state index in [2.05, 4.69) is 19.9 Å². The summed E-state index contributed by atoms with van der Waals surface area (Å²) in [7, 11) is 0. The van der Waals surface area contributed by atoms with Crippen LogP contribution < -0.4 is 0 Å². The minimum atomic E-state index is 0.329. The van der Waals surface area contributed by atoms with Crippen molar-refractivity contribution in [3.8, 4) is 0 Å². The van der Waals surface area contributed by atoms with E-state index < -0.39 is 0 Å². The molecule has 1 heteroatoms. The second-order valence-electron chi connectivity index (χ2n) is 5.73. The van der Waals surface area contributed by atoms with E-state index in [1.54, 1.807) is 5.57 Å². The van der Waals surface area contributed by atoms with Crippen molar-refractivity contribution in [2.24, 2.45) is 11.3 Å². The Bertz CT molecular complexity index is 362. The van der Waals surface area contributed by atoms with Gasteiger partial charge in [-0.1, -0.05) is 31.1 Å². The lowest BCUT2D eigenvalue weighted by atomic mass is 9.59. The lowest BCUT2D eigenvalue weighted by Gasteiger charge is -2.45. The molecule has 0 spiro atoms. The van der Waals surface area contributed by atoms with E-state index in [0.29, 0.717) is 5.41 Å². The van der Waals surface area contributed by atoms with Crippen LogP contribution in [0.25, 0.3) is 0 Å². The van der Waals surface area contributed by atoms with Crippen LogP contribution in [0, 0.1) is 11.3 Å². The smallest absolute Gasteiger partial charge is 0.145 e. The van der Waals surface area contributed by atoms with Crippen molar-refractivity contribution >= 4 is 6.29 Å². The summed E-state index contributed by atoms with van der Waals surface area (Å²) in [6, 6.07) is 0. The highest BCUT2D eigenvalue weighted by Gasteiger charge is 2.39. The predicted octanol–water partition coefficient (Wildman–Crippen LogP) is 4.05. The highest BCUT2D eigenvalue weighted by Crippen LogP contribution is 2.52. The summed E-state index contributed by atoms with van der Waals surface area (Å²) in [5.74, 6) is 0.752. The zero-order valence-electron chi connectivity index (χ0n) is 10.7. The second kappa shape index (κ2) is 4.20. The topological polar surface area (TPSA) is 17.1 Å². The molecule has 0 N–H and O–H groups in total. The second-order valence-corrected chi connectivity index (χ2v) is 5.73. The first kappa shape index (κ1) is 11.6. The maximum absolute atomic E-state index is 10.9. The summed E-state index contributed by atoms with van der Waals surface area (Å²) in [6.45, 7) is 6.71. The Balaban J connectivity index is 2.35. The molecule has 0 bridgehead atoms. The van der Waals surface area contributed by atoms with Crippen LogP contribution in [0.5, 0.6) is 0 Å². The van der Waals surface area contributed by atoms with Gasteiger partial charge in [0.15, 0.2) is 0 Å². The fraction of sp³-hybridized carbons (Fsp3) is 0.667. The number of rotatable bonds is 1. The van der Waals surface area contributed by atoms with Crippen molar-refractivity contribution in [2.45, 2.75) is 52.9 Å². The summed E-state index contributed by atoms with van der Waals surface area (Å²) in [5, 5.41) is 0. The van der Waals surface area contributed by atoms with Gasteiger partial charge in [0.05, 0.1) is 0 Å². The molecule has 2 atom stereocenters. The number of aldehydes is 1. The van der Waals surface area contributed by atoms with Gasteiger partial charge in [0.25, 0.3) is 0 Å². The molecule has 0 saturated heterocycles. The van der Waals surface area contributed by atoms with Crippen LogP contribution >= 0.6 is 0 Å². The quantitative estimate of drug-likeness (QED) is 0.368. The van der Waals surface area contributed by atoms with Crippen LogP contribution in [0.3, 0.4) is 0 Å². The summed E-state index contributed by atoms with van der Waals surface area (Å²) in [6.07, 6.45) is 9.46. The fourth-order valence-electron chi connectivity index (χ4n) is 3.29. The van der Waals surface area contributed by atoms with Crippen molar-refractivity contribution in [3.05, 3.63) is 22.8 Å². The molecule has 0 aromatic carbocycles. The predicted molar refractivity (Wildman–Crippen MR) is 67.2 cm³/mol. The van der Waals surface area contributed by atoms with Gasteiger partial charge in [-0.05, 0) is 55.9 Å². The summed E-state index contributed by atoms with van der Waals surface area (Å²) < 4.78 is 0. The lowest BCUT2D eigenvalue weighted by molar-refractivity contribution is -0.104.